The molecule has 0 aromatic rings. The molecule has 1 rings (SSSR count). The Bertz CT molecular complexity index is 134. The molecular formula is C7H8F3. The Kier molecular flexibility index (Phi) is 2.02. The minimum absolute atomic E-state index is 0.208. The van der Waals surface area contributed by atoms with Gasteiger partial charge in [-0.15, -0.1) is 0 Å². The summed E-state index contributed by atoms with van der Waals surface area (Å²) in [6.45, 7) is 0. The summed E-state index contributed by atoms with van der Waals surface area (Å²) in [4.78, 5) is 0. The second-order valence-corrected chi connectivity index (χ2v) is 2.35. The lowest BCUT2D eigenvalue weighted by atomic mass is 9.94. The van der Waals surface area contributed by atoms with Crippen molar-refractivity contribution in [2.75, 3.05) is 0 Å². The Balaban J connectivity index is 2.49. The van der Waals surface area contributed by atoms with Gasteiger partial charge in [0, 0.05) is 0 Å². The highest BCUT2D eigenvalue weighted by Gasteiger charge is 2.38. The molecule has 0 fully saturated rings. The molecule has 0 saturated heterocycles. The molecule has 0 aliphatic heterocycles. The molecule has 0 unspecified atom stereocenters. The van der Waals surface area contributed by atoms with Gasteiger partial charge in [-0.2, -0.15) is 13.2 Å². The minimum atomic E-state index is -4.04. The van der Waals surface area contributed by atoms with Crippen LogP contribution in [-0.4, -0.2) is 6.18 Å². The number of hydrogen-bond donors (Lipinski definition) is 0. The highest BCUT2D eigenvalue weighted by Crippen LogP contribution is 2.33. The van der Waals surface area contributed by atoms with Crippen LogP contribution in [0.25, 0.3) is 0 Å². The van der Waals surface area contributed by atoms with Crippen molar-refractivity contribution in [1.29, 1.82) is 0 Å². The molecule has 0 N–H and O–H groups in total. The van der Waals surface area contributed by atoms with Gasteiger partial charge in [-0.25, -0.2) is 0 Å². The number of allylic oxidation sites excluding steroid dienone is 2. The highest BCUT2D eigenvalue weighted by atomic mass is 19.4. The first-order chi connectivity index (χ1) is 4.61. The monoisotopic (exact) mass is 149 g/mol. The fourth-order valence-corrected chi connectivity index (χ4v) is 0.954. The second kappa shape index (κ2) is 2.64. The van der Waals surface area contributed by atoms with Crippen molar-refractivity contribution in [3.05, 3.63) is 18.6 Å². The van der Waals surface area contributed by atoms with Crippen molar-refractivity contribution in [3.8, 4) is 0 Å². The first-order valence-electron chi connectivity index (χ1n) is 3.17. The molecule has 0 spiro atoms. The zero-order chi connectivity index (χ0) is 7.61. The van der Waals surface area contributed by atoms with Crippen molar-refractivity contribution in [3.63, 3.8) is 0 Å². The Morgan fingerprint density at radius 2 is 2.00 bits per heavy atom. The number of rotatable bonds is 0. The number of halogens is 3. The molecule has 1 atom stereocenters. The lowest BCUT2D eigenvalue weighted by Crippen LogP contribution is -2.23. The number of hydrogen-bond acceptors (Lipinski definition) is 0. The van der Waals surface area contributed by atoms with Gasteiger partial charge in [0.2, 0.25) is 0 Å². The van der Waals surface area contributed by atoms with Crippen LogP contribution in [0, 0.1) is 12.3 Å². The molecule has 1 radical (unpaired) electrons. The third-order valence-corrected chi connectivity index (χ3v) is 1.54. The molecule has 0 amide bonds. The van der Waals surface area contributed by atoms with E-state index >= 15 is 0 Å². The van der Waals surface area contributed by atoms with Gasteiger partial charge in [0.15, 0.2) is 0 Å². The minimum Gasteiger partial charge on any atom is -0.171 e. The van der Waals surface area contributed by atoms with Crippen molar-refractivity contribution < 1.29 is 13.2 Å². The molecular weight excluding hydrogens is 141 g/mol. The highest BCUT2D eigenvalue weighted by molar-refractivity contribution is 5.05. The van der Waals surface area contributed by atoms with Gasteiger partial charge in [-0.1, -0.05) is 12.2 Å². The fourth-order valence-electron chi connectivity index (χ4n) is 0.954. The SMILES string of the molecule is FC(F)(F)[C@@H]1[CH]C=CCC1. The van der Waals surface area contributed by atoms with Crippen molar-refractivity contribution >= 4 is 0 Å². The van der Waals surface area contributed by atoms with Crippen LogP contribution in [0.3, 0.4) is 0 Å². The van der Waals surface area contributed by atoms with Gasteiger partial charge < -0.3 is 0 Å². The van der Waals surface area contributed by atoms with Gasteiger partial charge in [0.1, 0.15) is 0 Å². The zero-order valence-corrected chi connectivity index (χ0v) is 5.36. The van der Waals surface area contributed by atoms with Crippen molar-refractivity contribution in [1.82, 2.24) is 0 Å². The van der Waals surface area contributed by atoms with E-state index in [2.05, 4.69) is 0 Å². The topological polar surface area (TPSA) is 0 Å². The molecule has 0 heterocycles. The molecule has 10 heavy (non-hydrogen) atoms. The van der Waals surface area contributed by atoms with Gasteiger partial charge in [0.05, 0.1) is 5.92 Å². The smallest absolute Gasteiger partial charge is 0.171 e. The van der Waals surface area contributed by atoms with Crippen molar-refractivity contribution in [2.24, 2.45) is 5.92 Å². The normalized spacial score (nSPS) is 26.9. The van der Waals surface area contributed by atoms with E-state index in [1.54, 1.807) is 6.08 Å². The van der Waals surface area contributed by atoms with Gasteiger partial charge in [-0.3, -0.25) is 0 Å². The van der Waals surface area contributed by atoms with E-state index in [9.17, 15) is 13.2 Å². The van der Waals surface area contributed by atoms with Crippen LogP contribution in [0.1, 0.15) is 12.8 Å². The van der Waals surface area contributed by atoms with Crippen LogP contribution in [0.4, 0.5) is 13.2 Å². The van der Waals surface area contributed by atoms with Crippen LogP contribution in [0.2, 0.25) is 0 Å². The van der Waals surface area contributed by atoms with E-state index in [-0.39, 0.29) is 6.42 Å². The first kappa shape index (κ1) is 7.63. The summed E-state index contributed by atoms with van der Waals surface area (Å²) >= 11 is 0. The van der Waals surface area contributed by atoms with Crippen molar-refractivity contribution in [2.45, 2.75) is 19.0 Å². The molecule has 0 aromatic carbocycles. The third-order valence-electron chi connectivity index (χ3n) is 1.54. The molecule has 1 aliphatic rings. The Labute approximate surface area is 57.7 Å². The lowest BCUT2D eigenvalue weighted by molar-refractivity contribution is -0.166. The zero-order valence-electron chi connectivity index (χ0n) is 5.36. The standard InChI is InChI=1S/C7H8F3/c8-7(9,10)6-4-2-1-3-5-6/h1-2,4,6H,3,5H2/t6-/m1/s1. The predicted molar refractivity (Wildman–Crippen MR) is 32.2 cm³/mol. The summed E-state index contributed by atoms with van der Waals surface area (Å²) in [6, 6.07) is 0. The van der Waals surface area contributed by atoms with Crippen LogP contribution in [0.5, 0.6) is 0 Å². The lowest BCUT2D eigenvalue weighted by Gasteiger charge is -2.19. The number of alkyl halides is 3. The fraction of sp³-hybridized carbons (Fsp3) is 0.571. The summed E-state index contributed by atoms with van der Waals surface area (Å²) < 4.78 is 35.6. The van der Waals surface area contributed by atoms with Gasteiger partial charge in [0.25, 0.3) is 0 Å². The summed E-state index contributed by atoms with van der Waals surface area (Å²) in [5.41, 5.74) is 0. The van der Waals surface area contributed by atoms with Crippen LogP contribution < -0.4 is 0 Å². The summed E-state index contributed by atoms with van der Waals surface area (Å²) in [5, 5.41) is 0. The Morgan fingerprint density at radius 1 is 1.30 bits per heavy atom. The molecule has 57 valence electrons. The average molecular weight is 149 g/mol. The maximum absolute atomic E-state index is 11.9. The molecule has 1 aliphatic carbocycles. The predicted octanol–water partition coefficient (Wildman–Crippen LogP) is 2.72. The Morgan fingerprint density at radius 3 is 2.30 bits per heavy atom. The average Bonchev–Trinajstić information content (AvgIpc) is 1.88. The van der Waals surface area contributed by atoms with Crippen LogP contribution in [0.15, 0.2) is 12.2 Å². The van der Waals surface area contributed by atoms with Gasteiger partial charge in [-0.05, 0) is 19.3 Å². The third kappa shape index (κ3) is 1.75. The van der Waals surface area contributed by atoms with E-state index in [1.807, 2.05) is 0 Å². The Hall–Kier alpha value is -0.470. The molecule has 0 nitrogen and oxygen atoms in total. The quantitative estimate of drug-likeness (QED) is 0.496. The molecule has 0 bridgehead atoms. The summed E-state index contributed by atoms with van der Waals surface area (Å²) in [5.74, 6) is -1.21. The second-order valence-electron chi connectivity index (χ2n) is 2.35. The van der Waals surface area contributed by atoms with E-state index in [4.69, 9.17) is 0 Å². The maximum Gasteiger partial charge on any atom is 0.392 e. The van der Waals surface area contributed by atoms with E-state index in [1.165, 1.54) is 12.5 Å². The maximum atomic E-state index is 11.9. The summed E-state index contributed by atoms with van der Waals surface area (Å²) in [7, 11) is 0. The molecule has 0 saturated carbocycles. The van der Waals surface area contributed by atoms with Crippen LogP contribution in [-0.2, 0) is 0 Å². The van der Waals surface area contributed by atoms with E-state index in [0.717, 1.165) is 0 Å². The van der Waals surface area contributed by atoms with Crippen LogP contribution >= 0.6 is 0 Å². The van der Waals surface area contributed by atoms with E-state index < -0.39 is 12.1 Å². The largest absolute Gasteiger partial charge is 0.392 e. The van der Waals surface area contributed by atoms with Gasteiger partial charge >= 0.3 is 6.18 Å². The summed E-state index contributed by atoms with van der Waals surface area (Å²) in [6.07, 6.45) is 1.17. The molecule has 3 heteroatoms. The van der Waals surface area contributed by atoms with E-state index in [0.29, 0.717) is 6.42 Å². The first-order valence-corrected chi connectivity index (χ1v) is 3.17. The molecule has 0 aromatic heterocycles.